The molecule has 2 atom stereocenters. The molecule has 3 N–H and O–H groups in total. The molecule has 1 aromatic rings. The maximum absolute atomic E-state index is 13.2. The highest BCUT2D eigenvalue weighted by Gasteiger charge is 2.29. The van der Waals surface area contributed by atoms with Gasteiger partial charge >= 0.3 is 0 Å². The van der Waals surface area contributed by atoms with Crippen LogP contribution in [0.1, 0.15) is 32.4 Å². The zero-order valence-corrected chi connectivity index (χ0v) is 10.4. The van der Waals surface area contributed by atoms with Crippen LogP contribution in [0.25, 0.3) is 0 Å². The van der Waals surface area contributed by atoms with Crippen molar-refractivity contribution in [1.29, 1.82) is 0 Å². The van der Waals surface area contributed by atoms with Gasteiger partial charge in [0.2, 0.25) is 0 Å². The molecular formula is C12H17ClFNO. The minimum Gasteiger partial charge on any atom is -0.391 e. The van der Waals surface area contributed by atoms with E-state index < -0.39 is 18.0 Å². The van der Waals surface area contributed by atoms with Gasteiger partial charge in [-0.2, -0.15) is 0 Å². The Kier molecular flexibility index (Phi) is 3.94. The number of hydrogen-bond donors (Lipinski definition) is 2. The van der Waals surface area contributed by atoms with E-state index in [1.54, 1.807) is 6.07 Å². The Bertz CT molecular complexity index is 376. The van der Waals surface area contributed by atoms with Crippen molar-refractivity contribution < 1.29 is 9.50 Å². The molecule has 0 aliphatic heterocycles. The second-order valence-corrected chi connectivity index (χ2v) is 5.42. The molecule has 0 fully saturated rings. The van der Waals surface area contributed by atoms with Gasteiger partial charge in [0, 0.05) is 0 Å². The van der Waals surface area contributed by atoms with E-state index in [0.29, 0.717) is 5.56 Å². The number of halogens is 2. The van der Waals surface area contributed by atoms with Crippen LogP contribution in [0.3, 0.4) is 0 Å². The summed E-state index contributed by atoms with van der Waals surface area (Å²) in [7, 11) is 0. The monoisotopic (exact) mass is 245 g/mol. The van der Waals surface area contributed by atoms with E-state index in [2.05, 4.69) is 0 Å². The molecule has 0 radical (unpaired) electrons. The zero-order chi connectivity index (χ0) is 12.5. The van der Waals surface area contributed by atoms with Crippen molar-refractivity contribution >= 4 is 11.6 Å². The smallest absolute Gasteiger partial charge is 0.142 e. The highest BCUT2D eigenvalue weighted by molar-refractivity contribution is 6.30. The third kappa shape index (κ3) is 2.94. The molecule has 0 bridgehead atoms. The van der Waals surface area contributed by atoms with Gasteiger partial charge in [0.1, 0.15) is 5.82 Å². The van der Waals surface area contributed by atoms with Crippen LogP contribution in [-0.2, 0) is 0 Å². The molecule has 1 rings (SSSR count). The highest BCUT2D eigenvalue weighted by atomic mass is 35.5. The van der Waals surface area contributed by atoms with Gasteiger partial charge in [0.05, 0.1) is 17.2 Å². The Hall–Kier alpha value is -0.640. The topological polar surface area (TPSA) is 46.2 Å². The number of benzene rings is 1. The van der Waals surface area contributed by atoms with E-state index in [-0.39, 0.29) is 10.4 Å². The first-order valence-corrected chi connectivity index (χ1v) is 5.50. The second-order valence-electron chi connectivity index (χ2n) is 5.01. The summed E-state index contributed by atoms with van der Waals surface area (Å²) in [5.41, 5.74) is 6.08. The van der Waals surface area contributed by atoms with Crippen molar-refractivity contribution in [2.45, 2.75) is 32.9 Å². The number of aliphatic hydroxyl groups excluding tert-OH is 1. The summed E-state index contributed by atoms with van der Waals surface area (Å²) in [5.74, 6) is -0.518. The van der Waals surface area contributed by atoms with Gasteiger partial charge in [0.25, 0.3) is 0 Å². The number of nitrogens with two attached hydrogens (primary N) is 1. The molecule has 0 aliphatic rings. The maximum Gasteiger partial charge on any atom is 0.142 e. The van der Waals surface area contributed by atoms with E-state index in [4.69, 9.17) is 17.3 Å². The molecule has 2 nitrogen and oxygen atoms in total. The number of aliphatic hydroxyl groups is 1. The van der Waals surface area contributed by atoms with Crippen LogP contribution < -0.4 is 5.73 Å². The summed E-state index contributed by atoms with van der Waals surface area (Å²) in [6.45, 7) is 5.64. The first-order valence-electron chi connectivity index (χ1n) is 5.12. The largest absolute Gasteiger partial charge is 0.391 e. The summed E-state index contributed by atoms with van der Waals surface area (Å²) in [6, 6.07) is 3.72. The third-order valence-electron chi connectivity index (χ3n) is 2.56. The standard InChI is InChI=1S/C12H17ClFNO/c1-12(2,3)11(16)10(15)7-4-5-8(13)9(14)6-7/h4-6,10-11,16H,15H2,1-3H3/t10-,11-/m0/s1. The molecule has 0 amide bonds. The van der Waals surface area contributed by atoms with Gasteiger partial charge in [-0.1, -0.05) is 38.4 Å². The molecular weight excluding hydrogens is 229 g/mol. The molecule has 0 saturated heterocycles. The second kappa shape index (κ2) is 4.70. The van der Waals surface area contributed by atoms with Crippen LogP contribution in [0.15, 0.2) is 18.2 Å². The van der Waals surface area contributed by atoms with Gasteiger partial charge < -0.3 is 10.8 Å². The quantitative estimate of drug-likeness (QED) is 0.842. The van der Waals surface area contributed by atoms with Crippen LogP contribution in [0, 0.1) is 11.2 Å². The lowest BCUT2D eigenvalue weighted by atomic mass is 9.82. The Morgan fingerprint density at radius 3 is 2.38 bits per heavy atom. The molecule has 0 heterocycles. The summed E-state index contributed by atoms with van der Waals surface area (Å²) in [4.78, 5) is 0. The molecule has 4 heteroatoms. The van der Waals surface area contributed by atoms with E-state index in [1.807, 2.05) is 20.8 Å². The first-order chi connectivity index (χ1) is 7.23. The predicted molar refractivity (Wildman–Crippen MR) is 63.8 cm³/mol. The van der Waals surface area contributed by atoms with Crippen LogP contribution in [-0.4, -0.2) is 11.2 Å². The zero-order valence-electron chi connectivity index (χ0n) is 9.67. The molecule has 1 aromatic carbocycles. The van der Waals surface area contributed by atoms with Crippen molar-refractivity contribution in [3.05, 3.63) is 34.6 Å². The average molecular weight is 246 g/mol. The lowest BCUT2D eigenvalue weighted by molar-refractivity contribution is 0.0400. The van der Waals surface area contributed by atoms with Crippen molar-refractivity contribution in [2.24, 2.45) is 11.1 Å². The Balaban J connectivity index is 2.97. The van der Waals surface area contributed by atoms with Crippen LogP contribution in [0.4, 0.5) is 4.39 Å². The third-order valence-corrected chi connectivity index (χ3v) is 2.86. The summed E-state index contributed by atoms with van der Waals surface area (Å²) in [6.07, 6.45) is -0.743. The predicted octanol–water partition coefficient (Wildman–Crippen LogP) is 2.89. The molecule has 0 aliphatic carbocycles. The molecule has 0 aromatic heterocycles. The van der Waals surface area contributed by atoms with Crippen LogP contribution in [0.5, 0.6) is 0 Å². The number of hydrogen-bond acceptors (Lipinski definition) is 2. The van der Waals surface area contributed by atoms with Crippen molar-refractivity contribution in [1.82, 2.24) is 0 Å². The normalized spacial score (nSPS) is 15.9. The van der Waals surface area contributed by atoms with Crippen molar-refractivity contribution in [2.75, 3.05) is 0 Å². The van der Waals surface area contributed by atoms with Crippen LogP contribution in [0.2, 0.25) is 5.02 Å². The molecule has 16 heavy (non-hydrogen) atoms. The fourth-order valence-electron chi connectivity index (χ4n) is 1.44. The summed E-state index contributed by atoms with van der Waals surface area (Å²) < 4.78 is 13.2. The van der Waals surface area contributed by atoms with Gasteiger partial charge in [-0.15, -0.1) is 0 Å². The fourth-order valence-corrected chi connectivity index (χ4v) is 1.56. The van der Waals surface area contributed by atoms with Gasteiger partial charge in [0.15, 0.2) is 0 Å². The van der Waals surface area contributed by atoms with E-state index >= 15 is 0 Å². The molecule has 0 spiro atoms. The van der Waals surface area contributed by atoms with Gasteiger partial charge in [-0.25, -0.2) is 4.39 Å². The molecule has 0 saturated carbocycles. The highest BCUT2D eigenvalue weighted by Crippen LogP contribution is 2.29. The van der Waals surface area contributed by atoms with E-state index in [0.717, 1.165) is 0 Å². The summed E-state index contributed by atoms with van der Waals surface area (Å²) in [5, 5.41) is 10.0. The molecule has 90 valence electrons. The molecule has 0 unspecified atom stereocenters. The summed E-state index contributed by atoms with van der Waals surface area (Å²) >= 11 is 5.58. The van der Waals surface area contributed by atoms with Crippen molar-refractivity contribution in [3.63, 3.8) is 0 Å². The lowest BCUT2D eigenvalue weighted by Gasteiger charge is -2.31. The van der Waals surface area contributed by atoms with E-state index in [1.165, 1.54) is 12.1 Å². The number of rotatable bonds is 2. The van der Waals surface area contributed by atoms with Gasteiger partial charge in [-0.05, 0) is 23.1 Å². The minimum atomic E-state index is -0.743. The Labute approximate surface area is 100 Å². The lowest BCUT2D eigenvalue weighted by Crippen LogP contribution is -2.37. The van der Waals surface area contributed by atoms with E-state index in [9.17, 15) is 9.50 Å². The first kappa shape index (κ1) is 13.4. The minimum absolute atomic E-state index is 0.0567. The Morgan fingerprint density at radius 1 is 1.38 bits per heavy atom. The van der Waals surface area contributed by atoms with Crippen LogP contribution >= 0.6 is 11.6 Å². The SMILES string of the molecule is CC(C)(C)[C@@H](O)[C@@H](N)c1ccc(Cl)c(F)c1. The Morgan fingerprint density at radius 2 is 1.94 bits per heavy atom. The van der Waals surface area contributed by atoms with Gasteiger partial charge in [-0.3, -0.25) is 0 Å². The average Bonchev–Trinajstić information content (AvgIpc) is 2.18. The fraction of sp³-hybridized carbons (Fsp3) is 0.500. The van der Waals surface area contributed by atoms with Crippen molar-refractivity contribution in [3.8, 4) is 0 Å². The maximum atomic E-state index is 13.2.